The molecule has 166 valence electrons. The average Bonchev–Trinajstić information content (AvgIpc) is 2.78. The van der Waals surface area contributed by atoms with Crippen LogP contribution in [0.4, 0.5) is 0 Å². The normalized spacial score (nSPS) is 15.3. The van der Waals surface area contributed by atoms with Crippen molar-refractivity contribution in [3.63, 3.8) is 0 Å². The zero-order valence-electron chi connectivity index (χ0n) is 17.1. The number of phenolic OH excluding ortho intramolecular Hbond substituents is 1. The second-order valence-corrected chi connectivity index (χ2v) is 8.98. The van der Waals surface area contributed by atoms with Crippen LogP contribution in [0.3, 0.4) is 0 Å². The molecule has 0 aromatic heterocycles. The number of hydrogen-bond acceptors (Lipinski definition) is 6. The predicted molar refractivity (Wildman–Crippen MR) is 113 cm³/mol. The smallest absolute Gasteiger partial charge is 0.273 e. The molecule has 9 nitrogen and oxygen atoms in total. The van der Waals surface area contributed by atoms with Crippen LogP contribution in [0, 0.1) is 5.92 Å². The maximum atomic E-state index is 12.8. The molecule has 0 aliphatic carbocycles. The number of benzene rings is 2. The van der Waals surface area contributed by atoms with Gasteiger partial charge in [0.25, 0.3) is 5.91 Å². The van der Waals surface area contributed by atoms with Crippen LogP contribution in [0.15, 0.2) is 53.4 Å². The van der Waals surface area contributed by atoms with Crippen LogP contribution < -0.4 is 15.6 Å². The standard InChI is InChI=1S/C21H25N3O6S/c1-2-30-16-7-9-17(10-8-16)31(28,29)24-13-11-15(12-14-24)20(26)22-23-21(27)18-5-3-4-6-19(18)25/h3-10,15,25H,2,11-14H2,1H3,(H,22,26)(H,23,27). The van der Waals surface area contributed by atoms with E-state index >= 15 is 0 Å². The Kier molecular flexibility index (Phi) is 7.13. The van der Waals surface area contributed by atoms with Crippen molar-refractivity contribution in [3.8, 4) is 11.5 Å². The lowest BCUT2D eigenvalue weighted by Gasteiger charge is -2.30. The van der Waals surface area contributed by atoms with Crippen molar-refractivity contribution in [3.05, 3.63) is 54.1 Å². The number of aromatic hydroxyl groups is 1. The Labute approximate surface area is 181 Å². The summed E-state index contributed by atoms with van der Waals surface area (Å²) in [6.07, 6.45) is 0.656. The Morgan fingerprint density at radius 2 is 1.71 bits per heavy atom. The van der Waals surface area contributed by atoms with Gasteiger partial charge in [-0.2, -0.15) is 4.31 Å². The van der Waals surface area contributed by atoms with Crippen LogP contribution >= 0.6 is 0 Å². The highest BCUT2D eigenvalue weighted by Gasteiger charge is 2.32. The van der Waals surface area contributed by atoms with E-state index in [1.54, 1.807) is 24.3 Å². The van der Waals surface area contributed by atoms with Gasteiger partial charge in [-0.1, -0.05) is 12.1 Å². The molecule has 0 atom stereocenters. The predicted octanol–water partition coefficient (Wildman–Crippen LogP) is 1.65. The molecule has 10 heteroatoms. The fourth-order valence-electron chi connectivity index (χ4n) is 3.34. The number of sulfonamides is 1. The molecule has 0 spiro atoms. The van der Waals surface area contributed by atoms with Gasteiger partial charge in [0.15, 0.2) is 0 Å². The third kappa shape index (κ3) is 5.33. The molecule has 1 heterocycles. The van der Waals surface area contributed by atoms with Crippen molar-refractivity contribution in [2.75, 3.05) is 19.7 Å². The average molecular weight is 448 g/mol. The molecule has 1 saturated heterocycles. The van der Waals surface area contributed by atoms with E-state index in [-0.39, 0.29) is 29.3 Å². The van der Waals surface area contributed by atoms with E-state index in [4.69, 9.17) is 4.74 Å². The number of carbonyl (C=O) groups is 2. The maximum Gasteiger partial charge on any atom is 0.273 e. The summed E-state index contributed by atoms with van der Waals surface area (Å²) in [7, 11) is -3.66. The number of rotatable bonds is 6. The van der Waals surface area contributed by atoms with Crippen LogP contribution in [0.1, 0.15) is 30.1 Å². The largest absolute Gasteiger partial charge is 0.507 e. The van der Waals surface area contributed by atoms with Crippen molar-refractivity contribution in [2.45, 2.75) is 24.7 Å². The van der Waals surface area contributed by atoms with Gasteiger partial charge in [0, 0.05) is 19.0 Å². The molecule has 3 rings (SSSR count). The quantitative estimate of drug-likeness (QED) is 0.579. The summed E-state index contributed by atoms with van der Waals surface area (Å²) in [5.74, 6) is -1.06. The van der Waals surface area contributed by atoms with E-state index in [0.29, 0.717) is 25.2 Å². The number of nitrogens with zero attached hydrogens (tertiary/aromatic N) is 1. The first kappa shape index (κ1) is 22.6. The summed E-state index contributed by atoms with van der Waals surface area (Å²) >= 11 is 0. The van der Waals surface area contributed by atoms with E-state index in [9.17, 15) is 23.1 Å². The van der Waals surface area contributed by atoms with Gasteiger partial charge in [0.1, 0.15) is 11.5 Å². The highest BCUT2D eigenvalue weighted by atomic mass is 32.2. The first-order valence-electron chi connectivity index (χ1n) is 9.94. The monoisotopic (exact) mass is 447 g/mol. The molecule has 1 fully saturated rings. The highest BCUT2D eigenvalue weighted by molar-refractivity contribution is 7.89. The summed E-state index contributed by atoms with van der Waals surface area (Å²) < 4.78 is 32.4. The second-order valence-electron chi connectivity index (χ2n) is 7.04. The Morgan fingerprint density at radius 3 is 2.32 bits per heavy atom. The number of amides is 2. The zero-order chi connectivity index (χ0) is 22.4. The van der Waals surface area contributed by atoms with Crippen LogP contribution in [0.25, 0.3) is 0 Å². The van der Waals surface area contributed by atoms with Gasteiger partial charge in [0.05, 0.1) is 17.1 Å². The molecule has 0 bridgehead atoms. The SMILES string of the molecule is CCOc1ccc(S(=O)(=O)N2CCC(C(=O)NNC(=O)c3ccccc3O)CC2)cc1. The lowest BCUT2D eigenvalue weighted by atomic mass is 9.98. The molecule has 2 amide bonds. The number of hydrazine groups is 1. The number of piperidine rings is 1. The van der Waals surface area contributed by atoms with Crippen LogP contribution in [-0.2, 0) is 14.8 Å². The molecule has 2 aromatic carbocycles. The number of phenols is 1. The summed E-state index contributed by atoms with van der Waals surface area (Å²) in [5, 5.41) is 9.69. The van der Waals surface area contributed by atoms with Crippen molar-refractivity contribution in [1.29, 1.82) is 0 Å². The van der Waals surface area contributed by atoms with Crippen LogP contribution in [0.5, 0.6) is 11.5 Å². The fourth-order valence-corrected chi connectivity index (χ4v) is 4.81. The highest BCUT2D eigenvalue weighted by Crippen LogP contribution is 2.25. The van der Waals surface area contributed by atoms with E-state index in [1.165, 1.54) is 28.6 Å². The van der Waals surface area contributed by atoms with Crippen LogP contribution in [-0.4, -0.2) is 49.3 Å². The van der Waals surface area contributed by atoms with Crippen molar-refractivity contribution < 1.29 is 27.9 Å². The molecule has 1 aliphatic rings. The number of para-hydroxylation sites is 1. The molecule has 0 unspecified atom stereocenters. The summed E-state index contributed by atoms with van der Waals surface area (Å²) in [6.45, 7) is 2.73. The Morgan fingerprint density at radius 1 is 1.06 bits per heavy atom. The molecular formula is C21H25N3O6S. The molecule has 1 aliphatic heterocycles. The summed E-state index contributed by atoms with van der Waals surface area (Å²) in [6, 6.07) is 12.2. The van der Waals surface area contributed by atoms with Gasteiger partial charge in [-0.25, -0.2) is 8.42 Å². The van der Waals surface area contributed by atoms with E-state index in [1.807, 2.05) is 6.92 Å². The van der Waals surface area contributed by atoms with Gasteiger partial charge in [-0.15, -0.1) is 0 Å². The first-order chi connectivity index (χ1) is 14.8. The number of carbonyl (C=O) groups excluding carboxylic acids is 2. The minimum Gasteiger partial charge on any atom is -0.507 e. The van der Waals surface area contributed by atoms with Gasteiger partial charge >= 0.3 is 0 Å². The zero-order valence-corrected chi connectivity index (χ0v) is 17.9. The molecule has 0 radical (unpaired) electrons. The van der Waals surface area contributed by atoms with E-state index in [2.05, 4.69) is 10.9 Å². The minimum atomic E-state index is -3.66. The molecule has 2 aromatic rings. The van der Waals surface area contributed by atoms with Crippen LogP contribution in [0.2, 0.25) is 0 Å². The van der Waals surface area contributed by atoms with Gasteiger partial charge in [-0.3, -0.25) is 20.4 Å². The number of ether oxygens (including phenoxy) is 1. The minimum absolute atomic E-state index is 0.0408. The Bertz CT molecular complexity index is 1030. The lowest BCUT2D eigenvalue weighted by Crippen LogP contribution is -2.48. The topological polar surface area (TPSA) is 125 Å². The van der Waals surface area contributed by atoms with E-state index < -0.39 is 27.8 Å². The third-order valence-corrected chi connectivity index (χ3v) is 6.96. The fraction of sp³-hybridized carbons (Fsp3) is 0.333. The molecule has 31 heavy (non-hydrogen) atoms. The molecule has 3 N–H and O–H groups in total. The van der Waals surface area contributed by atoms with Crippen molar-refractivity contribution in [2.24, 2.45) is 5.92 Å². The van der Waals surface area contributed by atoms with Crippen molar-refractivity contribution >= 4 is 21.8 Å². The maximum absolute atomic E-state index is 12.8. The number of hydrogen-bond donors (Lipinski definition) is 3. The van der Waals surface area contributed by atoms with E-state index in [0.717, 1.165) is 0 Å². The lowest BCUT2D eigenvalue weighted by molar-refractivity contribution is -0.126. The number of nitrogens with one attached hydrogen (secondary N) is 2. The Hall–Kier alpha value is -3.11. The molecule has 0 saturated carbocycles. The molecular weight excluding hydrogens is 422 g/mol. The van der Waals surface area contributed by atoms with Gasteiger partial charge in [-0.05, 0) is 56.2 Å². The van der Waals surface area contributed by atoms with Gasteiger partial charge in [0.2, 0.25) is 15.9 Å². The second kappa shape index (κ2) is 9.80. The van der Waals surface area contributed by atoms with Crippen molar-refractivity contribution in [1.82, 2.24) is 15.2 Å². The first-order valence-corrected chi connectivity index (χ1v) is 11.4. The Balaban J connectivity index is 1.53. The van der Waals surface area contributed by atoms with Gasteiger partial charge < -0.3 is 9.84 Å². The third-order valence-electron chi connectivity index (χ3n) is 5.05. The summed E-state index contributed by atoms with van der Waals surface area (Å²) in [4.78, 5) is 24.6. The summed E-state index contributed by atoms with van der Waals surface area (Å²) in [5.41, 5.74) is 4.67.